The second-order valence-electron chi connectivity index (χ2n) is 4.05. The third kappa shape index (κ3) is 4.33. The monoisotopic (exact) mass is 281 g/mol. The van der Waals surface area contributed by atoms with Gasteiger partial charge in [-0.05, 0) is 36.8 Å². The van der Waals surface area contributed by atoms with Crippen LogP contribution in [0.1, 0.15) is 10.4 Å². The fourth-order valence-corrected chi connectivity index (χ4v) is 2.66. The Labute approximate surface area is 117 Å². The van der Waals surface area contributed by atoms with Crippen molar-refractivity contribution in [1.82, 2.24) is 5.32 Å². The Balaban J connectivity index is 1.64. The summed E-state index contributed by atoms with van der Waals surface area (Å²) in [6.07, 6.45) is 0. The zero-order chi connectivity index (χ0) is 12.8. The molecule has 1 N–H and O–H groups in total. The van der Waals surface area contributed by atoms with Gasteiger partial charge in [0.25, 0.3) is 0 Å². The molecular formula is C14H16ClNOS. The van der Waals surface area contributed by atoms with Crippen LogP contribution in [0, 0.1) is 6.92 Å². The molecule has 0 unspecified atom stereocenters. The summed E-state index contributed by atoms with van der Waals surface area (Å²) in [5.74, 6) is 0.927. The van der Waals surface area contributed by atoms with Crippen molar-refractivity contribution in [3.05, 3.63) is 51.2 Å². The number of aryl methyl sites for hydroxylation is 1. The molecule has 4 heteroatoms. The highest BCUT2D eigenvalue weighted by atomic mass is 35.5. The Hall–Kier alpha value is -1.03. The molecule has 0 fully saturated rings. The number of benzene rings is 1. The van der Waals surface area contributed by atoms with E-state index in [1.54, 1.807) is 11.3 Å². The quantitative estimate of drug-likeness (QED) is 0.812. The summed E-state index contributed by atoms with van der Waals surface area (Å²) in [6, 6.07) is 12.1. The fourth-order valence-electron chi connectivity index (χ4n) is 1.60. The van der Waals surface area contributed by atoms with E-state index in [9.17, 15) is 0 Å². The van der Waals surface area contributed by atoms with Gasteiger partial charge in [0.1, 0.15) is 12.4 Å². The van der Waals surface area contributed by atoms with Crippen LogP contribution in [0.5, 0.6) is 5.75 Å². The first-order valence-corrected chi connectivity index (χ1v) is 7.08. The van der Waals surface area contributed by atoms with E-state index in [1.807, 2.05) is 30.3 Å². The first-order chi connectivity index (χ1) is 8.74. The average Bonchev–Trinajstić information content (AvgIpc) is 2.75. The van der Waals surface area contributed by atoms with Crippen LogP contribution in [0.25, 0.3) is 0 Å². The highest BCUT2D eigenvalue weighted by molar-refractivity contribution is 7.16. The largest absolute Gasteiger partial charge is 0.492 e. The Morgan fingerprint density at radius 1 is 1.28 bits per heavy atom. The van der Waals surface area contributed by atoms with Crippen LogP contribution in [0.15, 0.2) is 36.4 Å². The molecule has 0 amide bonds. The number of hydrogen-bond donors (Lipinski definition) is 1. The Kier molecular flexibility index (Phi) is 5.05. The molecule has 0 radical (unpaired) electrons. The molecule has 2 nitrogen and oxygen atoms in total. The summed E-state index contributed by atoms with van der Waals surface area (Å²) in [6.45, 7) is 4.40. The van der Waals surface area contributed by atoms with Crippen molar-refractivity contribution >= 4 is 22.9 Å². The van der Waals surface area contributed by atoms with E-state index in [-0.39, 0.29) is 0 Å². The molecule has 2 aromatic rings. The molecule has 1 heterocycles. The lowest BCUT2D eigenvalue weighted by atomic mass is 10.2. The van der Waals surface area contributed by atoms with Crippen molar-refractivity contribution in [2.24, 2.45) is 0 Å². The lowest BCUT2D eigenvalue weighted by Gasteiger charge is -2.07. The predicted molar refractivity (Wildman–Crippen MR) is 77.7 cm³/mol. The van der Waals surface area contributed by atoms with Crippen LogP contribution >= 0.6 is 22.9 Å². The Morgan fingerprint density at radius 3 is 2.89 bits per heavy atom. The number of halogens is 1. The Bertz CT molecular complexity index is 498. The van der Waals surface area contributed by atoms with Gasteiger partial charge in [-0.2, -0.15) is 0 Å². The molecule has 0 saturated heterocycles. The molecular weight excluding hydrogens is 266 g/mol. The predicted octanol–water partition coefficient (Wildman–Crippen LogP) is 3.88. The van der Waals surface area contributed by atoms with Gasteiger partial charge in [-0.1, -0.05) is 23.7 Å². The standard InChI is InChI=1S/C14H16ClNOS/c1-11-3-2-4-12(9-11)17-8-7-16-10-13-5-6-14(15)18-13/h2-6,9,16H,7-8,10H2,1H3. The van der Waals surface area contributed by atoms with Gasteiger partial charge in [-0.3, -0.25) is 0 Å². The summed E-state index contributed by atoms with van der Waals surface area (Å²) in [7, 11) is 0. The molecule has 0 aliphatic rings. The molecule has 1 aromatic heterocycles. The number of rotatable bonds is 6. The van der Waals surface area contributed by atoms with Gasteiger partial charge < -0.3 is 10.1 Å². The van der Waals surface area contributed by atoms with Gasteiger partial charge in [0, 0.05) is 18.0 Å². The zero-order valence-electron chi connectivity index (χ0n) is 10.3. The molecule has 1 aromatic carbocycles. The molecule has 0 bridgehead atoms. The van der Waals surface area contributed by atoms with Gasteiger partial charge in [0.15, 0.2) is 0 Å². The van der Waals surface area contributed by atoms with E-state index >= 15 is 0 Å². The minimum atomic E-state index is 0.669. The van der Waals surface area contributed by atoms with E-state index in [2.05, 4.69) is 18.3 Å². The maximum atomic E-state index is 5.86. The fraction of sp³-hybridized carbons (Fsp3) is 0.286. The lowest BCUT2D eigenvalue weighted by Crippen LogP contribution is -2.20. The summed E-state index contributed by atoms with van der Waals surface area (Å²) in [4.78, 5) is 1.25. The minimum Gasteiger partial charge on any atom is -0.492 e. The van der Waals surface area contributed by atoms with Crippen molar-refractivity contribution in [3.63, 3.8) is 0 Å². The molecule has 96 valence electrons. The first kappa shape index (κ1) is 13.4. The third-order valence-electron chi connectivity index (χ3n) is 2.47. The highest BCUT2D eigenvalue weighted by Crippen LogP contribution is 2.20. The normalized spacial score (nSPS) is 10.6. The van der Waals surface area contributed by atoms with E-state index in [0.29, 0.717) is 6.61 Å². The van der Waals surface area contributed by atoms with Crippen LogP contribution in [0.4, 0.5) is 0 Å². The van der Waals surface area contributed by atoms with Crippen LogP contribution < -0.4 is 10.1 Å². The average molecular weight is 282 g/mol. The van der Waals surface area contributed by atoms with Crippen LogP contribution in [-0.4, -0.2) is 13.2 Å². The molecule has 0 aliphatic carbocycles. The topological polar surface area (TPSA) is 21.3 Å². The lowest BCUT2D eigenvalue weighted by molar-refractivity contribution is 0.313. The number of ether oxygens (including phenoxy) is 1. The highest BCUT2D eigenvalue weighted by Gasteiger charge is 1.97. The second kappa shape index (κ2) is 6.78. The Morgan fingerprint density at radius 2 is 2.17 bits per heavy atom. The molecule has 0 spiro atoms. The van der Waals surface area contributed by atoms with Crippen molar-refractivity contribution in [3.8, 4) is 5.75 Å². The van der Waals surface area contributed by atoms with Crippen LogP contribution in [-0.2, 0) is 6.54 Å². The van der Waals surface area contributed by atoms with E-state index < -0.39 is 0 Å². The molecule has 18 heavy (non-hydrogen) atoms. The zero-order valence-corrected chi connectivity index (χ0v) is 11.9. The maximum absolute atomic E-state index is 5.86. The summed E-state index contributed by atoms with van der Waals surface area (Å²) >= 11 is 7.47. The maximum Gasteiger partial charge on any atom is 0.119 e. The first-order valence-electron chi connectivity index (χ1n) is 5.88. The van der Waals surface area contributed by atoms with Crippen molar-refractivity contribution in [2.75, 3.05) is 13.2 Å². The SMILES string of the molecule is Cc1cccc(OCCNCc2ccc(Cl)s2)c1. The molecule has 0 saturated carbocycles. The minimum absolute atomic E-state index is 0.669. The second-order valence-corrected chi connectivity index (χ2v) is 5.85. The summed E-state index contributed by atoms with van der Waals surface area (Å²) < 4.78 is 6.48. The van der Waals surface area contributed by atoms with E-state index in [1.165, 1.54) is 10.4 Å². The van der Waals surface area contributed by atoms with Gasteiger partial charge in [-0.25, -0.2) is 0 Å². The van der Waals surface area contributed by atoms with Crippen LogP contribution in [0.2, 0.25) is 4.34 Å². The van der Waals surface area contributed by atoms with Gasteiger partial charge in [0.2, 0.25) is 0 Å². The molecule has 2 rings (SSSR count). The van der Waals surface area contributed by atoms with E-state index in [0.717, 1.165) is 23.2 Å². The molecule has 0 aliphatic heterocycles. The smallest absolute Gasteiger partial charge is 0.119 e. The number of hydrogen-bond acceptors (Lipinski definition) is 3. The molecule has 0 atom stereocenters. The number of thiophene rings is 1. The summed E-state index contributed by atoms with van der Waals surface area (Å²) in [5.41, 5.74) is 1.22. The third-order valence-corrected chi connectivity index (χ3v) is 3.70. The summed E-state index contributed by atoms with van der Waals surface area (Å²) in [5, 5.41) is 3.33. The van der Waals surface area contributed by atoms with Gasteiger partial charge in [-0.15, -0.1) is 11.3 Å². The van der Waals surface area contributed by atoms with Crippen molar-refractivity contribution < 1.29 is 4.74 Å². The number of nitrogens with one attached hydrogen (secondary N) is 1. The van der Waals surface area contributed by atoms with Gasteiger partial charge in [0.05, 0.1) is 4.34 Å². The van der Waals surface area contributed by atoms with Crippen molar-refractivity contribution in [1.29, 1.82) is 0 Å². The van der Waals surface area contributed by atoms with Crippen LogP contribution in [0.3, 0.4) is 0 Å². The van der Waals surface area contributed by atoms with Crippen molar-refractivity contribution in [2.45, 2.75) is 13.5 Å². The van der Waals surface area contributed by atoms with Gasteiger partial charge >= 0.3 is 0 Å². The van der Waals surface area contributed by atoms with E-state index in [4.69, 9.17) is 16.3 Å².